The van der Waals surface area contributed by atoms with Crippen molar-refractivity contribution >= 4 is 17.5 Å². The molecule has 0 unspecified atom stereocenters. The van der Waals surface area contributed by atoms with Crippen molar-refractivity contribution in [3.05, 3.63) is 53.2 Å². The minimum absolute atomic E-state index is 0.00106. The van der Waals surface area contributed by atoms with Crippen LogP contribution in [0.15, 0.2) is 42.6 Å². The molecule has 2 rings (SSSR count). The summed E-state index contributed by atoms with van der Waals surface area (Å²) >= 11 is 6.19. The van der Waals surface area contributed by atoms with Gasteiger partial charge in [-0.25, -0.2) is 0 Å². The summed E-state index contributed by atoms with van der Waals surface area (Å²) in [7, 11) is 4.06. The van der Waals surface area contributed by atoms with Gasteiger partial charge < -0.3 is 10.2 Å². The van der Waals surface area contributed by atoms with E-state index in [1.165, 1.54) is 0 Å². The van der Waals surface area contributed by atoms with E-state index in [0.29, 0.717) is 22.8 Å². The van der Waals surface area contributed by atoms with E-state index in [1.54, 1.807) is 24.4 Å². The molecule has 1 heterocycles. The van der Waals surface area contributed by atoms with Gasteiger partial charge in [-0.1, -0.05) is 37.6 Å². The van der Waals surface area contributed by atoms with Gasteiger partial charge in [-0.05, 0) is 43.8 Å². The second-order valence-electron chi connectivity index (χ2n) is 7.00. The number of pyridine rings is 1. The van der Waals surface area contributed by atoms with Crippen LogP contribution in [0.5, 0.6) is 0 Å². The van der Waals surface area contributed by atoms with E-state index >= 15 is 0 Å². The molecule has 0 spiro atoms. The Morgan fingerprint density at radius 2 is 2.00 bits per heavy atom. The van der Waals surface area contributed by atoms with Crippen molar-refractivity contribution in [2.75, 3.05) is 27.2 Å². The number of rotatable bonds is 6. The molecule has 0 bridgehead atoms. The molecule has 0 aliphatic rings. The molecule has 2 aromatic rings. The monoisotopic (exact) mass is 345 g/mol. The fraction of sp³-hybridized carbons (Fsp3) is 0.368. The van der Waals surface area contributed by atoms with Crippen LogP contribution in [0.2, 0.25) is 5.02 Å². The second kappa shape index (κ2) is 7.77. The molecule has 1 aromatic heterocycles. The molecule has 0 atom stereocenters. The van der Waals surface area contributed by atoms with Crippen LogP contribution >= 0.6 is 11.6 Å². The number of halogens is 1. The number of carbonyl (C=O) groups is 1. The average molecular weight is 346 g/mol. The molecule has 1 amide bonds. The van der Waals surface area contributed by atoms with Crippen LogP contribution in [0.4, 0.5) is 0 Å². The van der Waals surface area contributed by atoms with Crippen LogP contribution < -0.4 is 5.32 Å². The third-order valence-corrected chi connectivity index (χ3v) is 3.93. The first-order valence-electron chi connectivity index (χ1n) is 7.92. The Hall–Kier alpha value is -1.91. The lowest BCUT2D eigenvalue weighted by Crippen LogP contribution is -2.39. The van der Waals surface area contributed by atoms with Crippen LogP contribution in [-0.4, -0.2) is 43.0 Å². The first kappa shape index (κ1) is 18.4. The van der Waals surface area contributed by atoms with Gasteiger partial charge in [0.15, 0.2) is 0 Å². The van der Waals surface area contributed by atoms with Crippen LogP contribution in [0, 0.1) is 5.41 Å². The molecular formula is C19H24ClN3O. The zero-order valence-electron chi connectivity index (χ0n) is 14.6. The highest BCUT2D eigenvalue weighted by Crippen LogP contribution is 2.25. The van der Waals surface area contributed by atoms with Crippen molar-refractivity contribution in [1.82, 2.24) is 15.2 Å². The van der Waals surface area contributed by atoms with Crippen LogP contribution in [0.25, 0.3) is 11.3 Å². The Morgan fingerprint density at radius 1 is 1.25 bits per heavy atom. The van der Waals surface area contributed by atoms with Gasteiger partial charge in [0.1, 0.15) is 0 Å². The summed E-state index contributed by atoms with van der Waals surface area (Å²) in [5.74, 6) is -0.0873. The molecule has 24 heavy (non-hydrogen) atoms. The molecular weight excluding hydrogens is 322 g/mol. The highest BCUT2D eigenvalue weighted by atomic mass is 35.5. The number of carbonyl (C=O) groups excluding carboxylic acids is 1. The lowest BCUT2D eigenvalue weighted by atomic mass is 9.93. The first-order chi connectivity index (χ1) is 11.3. The van der Waals surface area contributed by atoms with E-state index in [0.717, 1.165) is 12.1 Å². The van der Waals surface area contributed by atoms with E-state index in [-0.39, 0.29) is 11.3 Å². The highest BCUT2D eigenvalue weighted by molar-refractivity contribution is 6.33. The standard InChI is InChI=1S/C19H24ClN3O/c1-19(2,13-23(3)4)12-22-18(24)15-8-5-7-14(11-15)17-16(20)9-6-10-21-17/h5-11H,12-13H2,1-4H3,(H,22,24). The lowest BCUT2D eigenvalue weighted by molar-refractivity contribution is 0.0929. The normalized spacial score (nSPS) is 11.6. The molecule has 1 N–H and O–H groups in total. The van der Waals surface area contributed by atoms with Gasteiger partial charge in [0.25, 0.3) is 5.91 Å². The number of hydrogen-bond acceptors (Lipinski definition) is 3. The molecule has 0 radical (unpaired) electrons. The summed E-state index contributed by atoms with van der Waals surface area (Å²) < 4.78 is 0. The molecule has 1 aromatic carbocycles. The van der Waals surface area contributed by atoms with Gasteiger partial charge in [0.2, 0.25) is 0 Å². The fourth-order valence-corrected chi connectivity index (χ4v) is 2.97. The van der Waals surface area contributed by atoms with Gasteiger partial charge in [0, 0.05) is 30.4 Å². The van der Waals surface area contributed by atoms with E-state index in [1.807, 2.05) is 32.3 Å². The molecule has 0 fully saturated rings. The van der Waals surface area contributed by atoms with Gasteiger partial charge >= 0.3 is 0 Å². The maximum absolute atomic E-state index is 12.5. The van der Waals surface area contributed by atoms with Gasteiger partial charge in [-0.15, -0.1) is 0 Å². The Morgan fingerprint density at radius 3 is 2.67 bits per heavy atom. The van der Waals surface area contributed by atoms with Crippen molar-refractivity contribution in [2.45, 2.75) is 13.8 Å². The summed E-state index contributed by atoms with van der Waals surface area (Å²) in [5, 5.41) is 3.59. The first-order valence-corrected chi connectivity index (χ1v) is 8.30. The minimum Gasteiger partial charge on any atom is -0.351 e. The van der Waals surface area contributed by atoms with E-state index in [2.05, 4.69) is 29.0 Å². The number of nitrogens with one attached hydrogen (secondary N) is 1. The fourth-order valence-electron chi connectivity index (χ4n) is 2.74. The second-order valence-corrected chi connectivity index (χ2v) is 7.41. The Kier molecular flexibility index (Phi) is 5.97. The Bertz CT molecular complexity index is 713. The average Bonchev–Trinajstić information content (AvgIpc) is 2.52. The maximum Gasteiger partial charge on any atom is 0.251 e. The predicted octanol–water partition coefficient (Wildman–Crippen LogP) is 3.72. The van der Waals surface area contributed by atoms with Gasteiger partial charge in [0.05, 0.1) is 10.7 Å². The quantitative estimate of drug-likeness (QED) is 0.867. The Labute approximate surface area is 148 Å². The van der Waals surface area contributed by atoms with Gasteiger partial charge in [-0.2, -0.15) is 0 Å². The number of benzene rings is 1. The summed E-state index contributed by atoms with van der Waals surface area (Å²) in [6, 6.07) is 11.0. The third kappa shape index (κ3) is 5.05. The zero-order chi connectivity index (χ0) is 17.7. The maximum atomic E-state index is 12.5. The summed E-state index contributed by atoms with van der Waals surface area (Å²) in [6.07, 6.45) is 1.69. The van der Waals surface area contributed by atoms with Crippen molar-refractivity contribution in [3.8, 4) is 11.3 Å². The molecule has 128 valence electrons. The van der Waals surface area contributed by atoms with Crippen LogP contribution in [-0.2, 0) is 0 Å². The zero-order valence-corrected chi connectivity index (χ0v) is 15.4. The van der Waals surface area contributed by atoms with Crippen molar-refractivity contribution in [2.24, 2.45) is 5.41 Å². The third-order valence-electron chi connectivity index (χ3n) is 3.63. The van der Waals surface area contributed by atoms with Crippen molar-refractivity contribution in [3.63, 3.8) is 0 Å². The summed E-state index contributed by atoms with van der Waals surface area (Å²) in [4.78, 5) is 18.9. The number of amides is 1. The molecule has 0 aliphatic heterocycles. The van der Waals surface area contributed by atoms with Gasteiger partial charge in [-0.3, -0.25) is 9.78 Å². The SMILES string of the molecule is CN(C)CC(C)(C)CNC(=O)c1cccc(-c2ncccc2Cl)c1. The number of nitrogens with zero attached hydrogens (tertiary/aromatic N) is 2. The summed E-state index contributed by atoms with van der Waals surface area (Å²) in [5.41, 5.74) is 2.12. The summed E-state index contributed by atoms with van der Waals surface area (Å²) in [6.45, 7) is 5.78. The molecule has 0 aliphatic carbocycles. The van der Waals surface area contributed by atoms with Crippen LogP contribution in [0.1, 0.15) is 24.2 Å². The topological polar surface area (TPSA) is 45.2 Å². The lowest BCUT2D eigenvalue weighted by Gasteiger charge is -2.28. The van der Waals surface area contributed by atoms with Crippen molar-refractivity contribution < 1.29 is 4.79 Å². The van der Waals surface area contributed by atoms with Crippen LogP contribution in [0.3, 0.4) is 0 Å². The highest BCUT2D eigenvalue weighted by Gasteiger charge is 2.20. The largest absolute Gasteiger partial charge is 0.351 e. The number of hydrogen-bond donors (Lipinski definition) is 1. The molecule has 4 nitrogen and oxygen atoms in total. The smallest absolute Gasteiger partial charge is 0.251 e. The van der Waals surface area contributed by atoms with E-state index in [4.69, 9.17) is 11.6 Å². The molecule has 5 heteroatoms. The predicted molar refractivity (Wildman–Crippen MR) is 99.4 cm³/mol. The van der Waals surface area contributed by atoms with E-state index < -0.39 is 0 Å². The molecule has 0 saturated carbocycles. The Balaban J connectivity index is 2.11. The van der Waals surface area contributed by atoms with Crippen molar-refractivity contribution in [1.29, 1.82) is 0 Å². The minimum atomic E-state index is -0.0873. The number of aromatic nitrogens is 1. The van der Waals surface area contributed by atoms with E-state index in [9.17, 15) is 4.79 Å². The molecule has 0 saturated heterocycles.